The van der Waals surface area contributed by atoms with E-state index in [1.165, 1.54) is 0 Å². The van der Waals surface area contributed by atoms with Gasteiger partial charge < -0.3 is 19.4 Å². The number of rotatable bonds is 10. The van der Waals surface area contributed by atoms with E-state index in [-0.39, 0.29) is 18.6 Å². The summed E-state index contributed by atoms with van der Waals surface area (Å²) in [5.74, 6) is 2.63. The van der Waals surface area contributed by atoms with Crippen molar-refractivity contribution < 1.29 is 19.4 Å². The van der Waals surface area contributed by atoms with Gasteiger partial charge in [0.25, 0.3) is 0 Å². The number of pyridine rings is 1. The number of carbonyl (C=O) groups is 1. The lowest BCUT2D eigenvalue weighted by Gasteiger charge is -2.35. The molecule has 4 rings (SSSR count). The molecule has 0 spiro atoms. The summed E-state index contributed by atoms with van der Waals surface area (Å²) < 4.78 is 12.0. The molecule has 0 amide bonds. The zero-order valence-corrected chi connectivity index (χ0v) is 16.9. The fourth-order valence-corrected chi connectivity index (χ4v) is 4.36. The highest BCUT2D eigenvalue weighted by Crippen LogP contribution is 2.51. The molecule has 0 saturated heterocycles. The summed E-state index contributed by atoms with van der Waals surface area (Å²) in [5.41, 5.74) is 0.338. The Balaban J connectivity index is 1.32. The Kier molecular flexibility index (Phi) is 5.86. The molecule has 2 aromatic rings. The molecular weight excluding hydrogens is 366 g/mol. The Bertz CT molecular complexity index is 817. The first-order chi connectivity index (χ1) is 14.1. The maximum Gasteiger partial charge on any atom is 0.137 e. The summed E-state index contributed by atoms with van der Waals surface area (Å²) in [4.78, 5) is 15.8. The van der Waals surface area contributed by atoms with Gasteiger partial charge in [0.1, 0.15) is 17.8 Å². The first-order valence-corrected chi connectivity index (χ1v) is 10.5. The number of hydrogen-bond donors (Lipinski definition) is 1. The van der Waals surface area contributed by atoms with E-state index in [9.17, 15) is 9.90 Å². The zero-order valence-electron chi connectivity index (χ0n) is 16.9. The fourth-order valence-electron chi connectivity index (χ4n) is 4.36. The van der Waals surface area contributed by atoms with Crippen LogP contribution >= 0.6 is 0 Å². The van der Waals surface area contributed by atoms with E-state index < -0.39 is 5.41 Å². The van der Waals surface area contributed by atoms with Gasteiger partial charge in [-0.15, -0.1) is 0 Å². The highest BCUT2D eigenvalue weighted by molar-refractivity contribution is 5.62. The van der Waals surface area contributed by atoms with Crippen molar-refractivity contribution in [2.24, 2.45) is 17.3 Å². The van der Waals surface area contributed by atoms with Crippen LogP contribution in [0, 0.1) is 17.3 Å². The molecule has 1 N–H and O–H groups in total. The van der Waals surface area contributed by atoms with Gasteiger partial charge >= 0.3 is 0 Å². The van der Waals surface area contributed by atoms with Gasteiger partial charge in [-0.05, 0) is 67.3 Å². The Labute approximate surface area is 172 Å². The fraction of sp³-hybridized carbons (Fsp3) is 0.500. The Hall–Kier alpha value is -2.40. The lowest BCUT2D eigenvalue weighted by Crippen LogP contribution is -2.37. The van der Waals surface area contributed by atoms with Crippen LogP contribution in [0.15, 0.2) is 48.8 Å². The number of carbonyl (C=O) groups excluding carboxylic acids is 1. The van der Waals surface area contributed by atoms with E-state index >= 15 is 0 Å². The molecule has 2 atom stereocenters. The van der Waals surface area contributed by atoms with Crippen molar-refractivity contribution in [2.75, 3.05) is 13.2 Å². The lowest BCUT2D eigenvalue weighted by molar-refractivity contribution is -0.119. The quantitative estimate of drug-likeness (QED) is 0.616. The third-order valence-electron chi connectivity index (χ3n) is 6.25. The van der Waals surface area contributed by atoms with Crippen molar-refractivity contribution in [3.63, 3.8) is 0 Å². The number of aldehydes is 1. The first kappa shape index (κ1) is 19.9. The van der Waals surface area contributed by atoms with Crippen LogP contribution in [0.5, 0.6) is 11.5 Å². The molecule has 1 heterocycles. The van der Waals surface area contributed by atoms with Crippen LogP contribution < -0.4 is 9.47 Å². The van der Waals surface area contributed by atoms with Crippen molar-refractivity contribution in [1.82, 2.24) is 4.98 Å². The minimum absolute atomic E-state index is 0.0366. The highest BCUT2D eigenvalue weighted by Gasteiger charge is 2.44. The average Bonchev–Trinajstić information content (AvgIpc) is 3.55. The number of aromatic nitrogens is 1. The summed E-state index contributed by atoms with van der Waals surface area (Å²) in [6.07, 6.45) is 8.81. The Morgan fingerprint density at radius 2 is 2.03 bits per heavy atom. The van der Waals surface area contributed by atoms with Crippen molar-refractivity contribution in [3.05, 3.63) is 54.4 Å². The second-order valence-electron chi connectivity index (χ2n) is 8.75. The van der Waals surface area contributed by atoms with Crippen LogP contribution in [0.3, 0.4) is 0 Å². The molecule has 2 aliphatic carbocycles. The minimum atomic E-state index is -0.745. The monoisotopic (exact) mass is 395 g/mol. The standard InChI is InChI=1S/C24H29NO4/c1-24(15-26,16-27)23(18-7-8-18)19-4-2-5-20(12-19)28-14-17-10-22(11-17)29-21-6-3-9-25-13-21/h2-6,9,12-13,15,17-18,22-23,27H,7-8,10-11,14,16H2,1H3/t17?,22?,23?,24-/m1/s1. The molecule has 2 saturated carbocycles. The Morgan fingerprint density at radius 3 is 2.69 bits per heavy atom. The van der Waals surface area contributed by atoms with Gasteiger partial charge in [0.2, 0.25) is 0 Å². The van der Waals surface area contributed by atoms with Crippen LogP contribution in [-0.2, 0) is 4.79 Å². The summed E-state index contributed by atoms with van der Waals surface area (Å²) in [7, 11) is 0. The molecule has 5 heteroatoms. The molecule has 1 aromatic carbocycles. The predicted octanol–water partition coefficient (Wildman–Crippen LogP) is 4.01. The SMILES string of the molecule is C[C@@](C=O)(CO)C(c1cccc(OCC2CC(Oc3cccnc3)C2)c1)C1CC1. The van der Waals surface area contributed by atoms with Crippen LogP contribution in [-0.4, -0.2) is 35.7 Å². The van der Waals surface area contributed by atoms with Crippen LogP contribution in [0.25, 0.3) is 0 Å². The topological polar surface area (TPSA) is 68.7 Å². The van der Waals surface area contributed by atoms with Crippen molar-refractivity contribution >= 4 is 6.29 Å². The summed E-state index contributed by atoms with van der Waals surface area (Å²) >= 11 is 0. The van der Waals surface area contributed by atoms with Crippen LogP contribution in [0.4, 0.5) is 0 Å². The van der Waals surface area contributed by atoms with Gasteiger partial charge in [-0.25, -0.2) is 0 Å². The molecule has 0 radical (unpaired) electrons. The van der Waals surface area contributed by atoms with E-state index in [0.717, 1.165) is 49.0 Å². The third-order valence-corrected chi connectivity index (χ3v) is 6.25. The molecule has 0 bridgehead atoms. The molecule has 2 fully saturated rings. The van der Waals surface area contributed by atoms with Gasteiger partial charge in [0, 0.05) is 12.1 Å². The van der Waals surface area contributed by atoms with Crippen molar-refractivity contribution in [3.8, 4) is 11.5 Å². The van der Waals surface area contributed by atoms with Gasteiger partial charge in [0.15, 0.2) is 0 Å². The van der Waals surface area contributed by atoms with Crippen LogP contribution in [0.1, 0.15) is 44.1 Å². The van der Waals surface area contributed by atoms with Gasteiger partial charge in [0.05, 0.1) is 30.9 Å². The Morgan fingerprint density at radius 1 is 1.24 bits per heavy atom. The molecule has 5 nitrogen and oxygen atoms in total. The molecule has 29 heavy (non-hydrogen) atoms. The second kappa shape index (κ2) is 8.54. The van der Waals surface area contributed by atoms with E-state index in [1.807, 2.05) is 43.3 Å². The zero-order chi connectivity index (χ0) is 20.3. The van der Waals surface area contributed by atoms with Crippen molar-refractivity contribution in [1.29, 1.82) is 0 Å². The molecular formula is C24H29NO4. The summed E-state index contributed by atoms with van der Waals surface area (Å²) in [6.45, 7) is 2.38. The normalized spacial score (nSPS) is 24.1. The predicted molar refractivity (Wildman–Crippen MR) is 110 cm³/mol. The number of aliphatic hydroxyl groups is 1. The minimum Gasteiger partial charge on any atom is -0.493 e. The maximum atomic E-state index is 11.7. The van der Waals surface area contributed by atoms with E-state index in [0.29, 0.717) is 18.4 Å². The number of hydrogen-bond acceptors (Lipinski definition) is 5. The van der Waals surface area contributed by atoms with E-state index in [1.54, 1.807) is 12.4 Å². The smallest absolute Gasteiger partial charge is 0.137 e. The number of ether oxygens (including phenoxy) is 2. The maximum absolute atomic E-state index is 11.7. The highest BCUT2D eigenvalue weighted by atomic mass is 16.5. The molecule has 0 aliphatic heterocycles. The lowest BCUT2D eigenvalue weighted by atomic mass is 9.72. The molecule has 1 unspecified atom stereocenters. The second-order valence-corrected chi connectivity index (χ2v) is 8.75. The number of aliphatic hydroxyl groups excluding tert-OH is 1. The van der Waals surface area contributed by atoms with E-state index in [4.69, 9.17) is 9.47 Å². The first-order valence-electron chi connectivity index (χ1n) is 10.5. The number of benzene rings is 1. The van der Waals surface area contributed by atoms with Gasteiger partial charge in [-0.2, -0.15) is 0 Å². The van der Waals surface area contributed by atoms with Gasteiger partial charge in [-0.3, -0.25) is 4.98 Å². The summed E-state index contributed by atoms with van der Waals surface area (Å²) in [6, 6.07) is 11.8. The molecule has 2 aliphatic rings. The third kappa shape index (κ3) is 4.61. The van der Waals surface area contributed by atoms with Crippen LogP contribution in [0.2, 0.25) is 0 Å². The number of nitrogens with zero attached hydrogens (tertiary/aromatic N) is 1. The van der Waals surface area contributed by atoms with Gasteiger partial charge in [-0.1, -0.05) is 19.1 Å². The molecule has 154 valence electrons. The van der Waals surface area contributed by atoms with Crippen molar-refractivity contribution in [2.45, 2.75) is 44.6 Å². The average molecular weight is 395 g/mol. The summed E-state index contributed by atoms with van der Waals surface area (Å²) in [5, 5.41) is 9.83. The largest absolute Gasteiger partial charge is 0.493 e. The van der Waals surface area contributed by atoms with E-state index in [2.05, 4.69) is 4.98 Å². The molecule has 1 aromatic heterocycles.